The van der Waals surface area contributed by atoms with Crippen molar-refractivity contribution in [3.8, 4) is 0 Å². The van der Waals surface area contributed by atoms with Crippen LogP contribution in [0, 0.1) is 0 Å². The third kappa shape index (κ3) is 2.82. The van der Waals surface area contributed by atoms with Crippen LogP contribution < -0.4 is 4.72 Å². The molecule has 0 unspecified atom stereocenters. The van der Waals surface area contributed by atoms with Crippen molar-refractivity contribution < 1.29 is 17.9 Å². The van der Waals surface area contributed by atoms with Crippen LogP contribution in [0.2, 0.25) is 0 Å². The molecule has 6 heteroatoms. The largest absolute Gasteiger partial charge is 0.451 e. The maximum Gasteiger partial charge on any atom is 0.294 e. The van der Waals surface area contributed by atoms with E-state index in [9.17, 15) is 13.2 Å². The number of carbonyl (C=O) groups excluding carboxylic acids is 1. The maximum absolute atomic E-state index is 11.4. The summed E-state index contributed by atoms with van der Waals surface area (Å²) in [5.74, 6) is 0. The Balaban J connectivity index is 2.72. The highest BCUT2D eigenvalue weighted by Gasteiger charge is 2.11. The van der Waals surface area contributed by atoms with Crippen molar-refractivity contribution in [3.05, 3.63) is 30.3 Å². The number of ether oxygens (including phenoxy) is 1. The summed E-state index contributed by atoms with van der Waals surface area (Å²) in [6.07, 6.45) is 0. The van der Waals surface area contributed by atoms with Crippen molar-refractivity contribution in [3.63, 3.8) is 0 Å². The lowest BCUT2D eigenvalue weighted by Crippen LogP contribution is -2.26. The lowest BCUT2D eigenvalue weighted by atomic mass is 10.4. The first-order valence-electron chi connectivity index (χ1n) is 3.77. The van der Waals surface area contributed by atoms with Gasteiger partial charge in [-0.05, 0) is 12.1 Å². The lowest BCUT2D eigenvalue weighted by molar-refractivity contribution is -0.128. The Hall–Kier alpha value is -1.40. The third-order valence-electron chi connectivity index (χ3n) is 1.45. The van der Waals surface area contributed by atoms with Gasteiger partial charge in [-0.2, -0.15) is 4.72 Å². The minimum Gasteiger partial charge on any atom is -0.451 e. The zero-order valence-electron chi connectivity index (χ0n) is 7.21. The van der Waals surface area contributed by atoms with Crippen LogP contribution in [-0.4, -0.2) is 21.6 Å². The van der Waals surface area contributed by atoms with E-state index in [0.29, 0.717) is 0 Å². The standard InChI is InChI=1S/C8H9NO4S/c10-7-13-6-9-14(11,12)8-4-2-1-3-5-8/h1-5,7,9H,6H2. The molecule has 0 saturated heterocycles. The molecular weight excluding hydrogens is 206 g/mol. The fourth-order valence-electron chi connectivity index (χ4n) is 0.829. The summed E-state index contributed by atoms with van der Waals surface area (Å²) in [6.45, 7) is -0.186. The van der Waals surface area contributed by atoms with Crippen LogP contribution >= 0.6 is 0 Å². The molecule has 0 aliphatic heterocycles. The first-order valence-corrected chi connectivity index (χ1v) is 5.25. The molecule has 0 saturated carbocycles. The summed E-state index contributed by atoms with van der Waals surface area (Å²) in [6, 6.07) is 7.82. The molecule has 0 radical (unpaired) electrons. The quantitative estimate of drug-likeness (QED) is 0.429. The SMILES string of the molecule is O=COCNS(=O)(=O)c1ccccc1. The topological polar surface area (TPSA) is 72.5 Å². The number of nitrogens with one attached hydrogen (secondary N) is 1. The van der Waals surface area contributed by atoms with Crippen LogP contribution in [0.15, 0.2) is 35.2 Å². The molecule has 1 N–H and O–H groups in total. The van der Waals surface area contributed by atoms with Crippen LogP contribution in [0.25, 0.3) is 0 Å². The van der Waals surface area contributed by atoms with Gasteiger partial charge in [0, 0.05) is 0 Å². The van der Waals surface area contributed by atoms with Crippen molar-refractivity contribution >= 4 is 16.5 Å². The van der Waals surface area contributed by atoms with Gasteiger partial charge in [0.25, 0.3) is 6.47 Å². The average Bonchev–Trinajstić information content (AvgIpc) is 2.19. The smallest absolute Gasteiger partial charge is 0.294 e. The highest BCUT2D eigenvalue weighted by atomic mass is 32.2. The monoisotopic (exact) mass is 215 g/mol. The molecule has 0 aliphatic rings. The van der Waals surface area contributed by atoms with E-state index < -0.39 is 10.0 Å². The summed E-state index contributed by atoms with van der Waals surface area (Å²) in [7, 11) is -3.57. The fourth-order valence-corrected chi connectivity index (χ4v) is 1.73. The van der Waals surface area contributed by atoms with Crippen LogP contribution in [0.3, 0.4) is 0 Å². The number of carbonyl (C=O) groups is 1. The van der Waals surface area contributed by atoms with E-state index in [-0.39, 0.29) is 18.1 Å². The number of rotatable bonds is 5. The van der Waals surface area contributed by atoms with E-state index >= 15 is 0 Å². The van der Waals surface area contributed by atoms with Crippen molar-refractivity contribution in [2.45, 2.75) is 4.90 Å². The Kier molecular flexibility index (Phi) is 3.61. The number of sulfonamides is 1. The molecule has 0 atom stereocenters. The Morgan fingerprint density at radius 3 is 2.50 bits per heavy atom. The van der Waals surface area contributed by atoms with Gasteiger partial charge >= 0.3 is 0 Å². The molecule has 14 heavy (non-hydrogen) atoms. The summed E-state index contributed by atoms with van der Waals surface area (Å²) in [5.41, 5.74) is 0. The van der Waals surface area contributed by atoms with E-state index in [1.54, 1.807) is 18.2 Å². The molecule has 0 fully saturated rings. The highest BCUT2D eigenvalue weighted by Crippen LogP contribution is 2.06. The van der Waals surface area contributed by atoms with Gasteiger partial charge in [-0.3, -0.25) is 4.79 Å². The Morgan fingerprint density at radius 2 is 1.93 bits per heavy atom. The Labute approximate surface area is 81.7 Å². The molecule has 1 rings (SSSR count). The number of hydrogen-bond acceptors (Lipinski definition) is 4. The molecule has 0 aromatic heterocycles. The second-order valence-electron chi connectivity index (χ2n) is 2.37. The lowest BCUT2D eigenvalue weighted by Gasteiger charge is -2.04. The second kappa shape index (κ2) is 4.73. The zero-order valence-corrected chi connectivity index (χ0v) is 8.03. The van der Waals surface area contributed by atoms with Gasteiger partial charge < -0.3 is 4.74 Å². The summed E-state index contributed by atoms with van der Waals surface area (Å²) >= 11 is 0. The van der Waals surface area contributed by atoms with E-state index in [2.05, 4.69) is 9.46 Å². The first-order chi connectivity index (χ1) is 6.67. The molecule has 0 aliphatic carbocycles. The van der Waals surface area contributed by atoms with Crippen LogP contribution in [0.1, 0.15) is 0 Å². The Morgan fingerprint density at radius 1 is 1.29 bits per heavy atom. The van der Waals surface area contributed by atoms with Gasteiger partial charge in [0.2, 0.25) is 10.0 Å². The van der Waals surface area contributed by atoms with Crippen LogP contribution in [-0.2, 0) is 19.6 Å². The molecule has 1 aromatic rings. The van der Waals surface area contributed by atoms with Crippen molar-refractivity contribution in [2.24, 2.45) is 0 Å². The summed E-state index contributed by atoms with van der Waals surface area (Å²) in [4.78, 5) is 9.90. The van der Waals surface area contributed by atoms with Crippen molar-refractivity contribution in [1.82, 2.24) is 4.72 Å². The zero-order chi connectivity index (χ0) is 10.4. The van der Waals surface area contributed by atoms with Crippen molar-refractivity contribution in [1.29, 1.82) is 0 Å². The second-order valence-corrected chi connectivity index (χ2v) is 4.14. The van der Waals surface area contributed by atoms with Crippen LogP contribution in [0.5, 0.6) is 0 Å². The molecule has 76 valence electrons. The van der Waals surface area contributed by atoms with E-state index in [1.165, 1.54) is 12.1 Å². The molecule has 0 heterocycles. The van der Waals surface area contributed by atoms with Gasteiger partial charge in [0.1, 0.15) is 0 Å². The van der Waals surface area contributed by atoms with Gasteiger partial charge in [-0.15, -0.1) is 0 Å². The van der Waals surface area contributed by atoms with Gasteiger partial charge in [-0.1, -0.05) is 18.2 Å². The predicted molar refractivity (Wildman–Crippen MR) is 48.8 cm³/mol. The minimum absolute atomic E-state index is 0.134. The summed E-state index contributed by atoms with van der Waals surface area (Å²) < 4.78 is 29.1. The van der Waals surface area contributed by atoms with E-state index in [1.807, 2.05) is 0 Å². The van der Waals surface area contributed by atoms with E-state index in [0.717, 1.165) is 0 Å². The third-order valence-corrected chi connectivity index (χ3v) is 2.84. The van der Waals surface area contributed by atoms with E-state index in [4.69, 9.17) is 0 Å². The molecule has 5 nitrogen and oxygen atoms in total. The van der Waals surface area contributed by atoms with Gasteiger partial charge in [0.15, 0.2) is 6.73 Å². The molecular formula is C8H9NO4S. The highest BCUT2D eigenvalue weighted by molar-refractivity contribution is 7.89. The van der Waals surface area contributed by atoms with Gasteiger partial charge in [-0.25, -0.2) is 8.42 Å². The predicted octanol–water partition coefficient (Wildman–Crippen LogP) is 0.0954. The molecule has 1 aromatic carbocycles. The fraction of sp³-hybridized carbons (Fsp3) is 0.125. The normalized spacial score (nSPS) is 10.9. The summed E-state index contributed by atoms with van der Waals surface area (Å²) in [5, 5.41) is 0. The molecule has 0 amide bonds. The minimum atomic E-state index is -3.57. The average molecular weight is 215 g/mol. The van der Waals surface area contributed by atoms with Gasteiger partial charge in [0.05, 0.1) is 4.90 Å². The van der Waals surface area contributed by atoms with Crippen LogP contribution in [0.4, 0.5) is 0 Å². The molecule has 0 bridgehead atoms. The first kappa shape index (κ1) is 10.7. The molecule has 0 spiro atoms. The van der Waals surface area contributed by atoms with Crippen molar-refractivity contribution in [2.75, 3.05) is 6.73 Å². The number of hydrogen-bond donors (Lipinski definition) is 1. The maximum atomic E-state index is 11.4. The Bertz CT molecular complexity index is 387. The number of benzene rings is 1.